The summed E-state index contributed by atoms with van der Waals surface area (Å²) in [4.78, 5) is 36.5. The Morgan fingerprint density at radius 3 is 2.52 bits per heavy atom. The molecule has 0 bridgehead atoms. The maximum Gasteiger partial charge on any atom is 0.344 e. The first-order chi connectivity index (χ1) is 15.9. The lowest BCUT2D eigenvalue weighted by Gasteiger charge is -2.09. The van der Waals surface area contributed by atoms with Crippen molar-refractivity contribution in [3.05, 3.63) is 75.5 Å². The average molecular weight is 452 g/mol. The van der Waals surface area contributed by atoms with Gasteiger partial charge in [0, 0.05) is 29.1 Å². The van der Waals surface area contributed by atoms with Crippen LogP contribution in [0.15, 0.2) is 68.8 Å². The van der Waals surface area contributed by atoms with E-state index in [9.17, 15) is 14.4 Å². The lowest BCUT2D eigenvalue weighted by atomic mass is 10.1. The molecule has 3 aromatic rings. The lowest BCUT2D eigenvalue weighted by molar-refractivity contribution is -0.139. The van der Waals surface area contributed by atoms with Crippen molar-refractivity contribution in [1.82, 2.24) is 4.57 Å². The normalized spacial score (nSPS) is 10.8. The standard InChI is InChI=1S/C26H29NO6/c1-18(2)25(29)32-14-10-6-4-5-9-13-27-17-23-19(16-24(27)28)15-21(26(30)33-23)20-11-7-8-12-22(20)31-3/h7-8,11-12,15-17H,1,4-6,9-10,13-14H2,2-3H3. The number of methoxy groups -OCH3 is 1. The van der Waals surface area contributed by atoms with E-state index >= 15 is 0 Å². The lowest BCUT2D eigenvalue weighted by Crippen LogP contribution is -2.19. The van der Waals surface area contributed by atoms with E-state index in [2.05, 4.69) is 6.58 Å². The molecule has 0 N–H and O–H groups in total. The Morgan fingerprint density at radius 1 is 1.03 bits per heavy atom. The summed E-state index contributed by atoms with van der Waals surface area (Å²) in [6.45, 7) is 6.11. The Labute approximate surface area is 192 Å². The van der Waals surface area contributed by atoms with Crippen molar-refractivity contribution in [3.8, 4) is 16.9 Å². The van der Waals surface area contributed by atoms with Crippen molar-refractivity contribution < 1.29 is 18.7 Å². The van der Waals surface area contributed by atoms with Crippen molar-refractivity contribution in [2.75, 3.05) is 13.7 Å². The number of aryl methyl sites for hydroxylation is 1. The van der Waals surface area contributed by atoms with Crippen molar-refractivity contribution >= 4 is 16.9 Å². The van der Waals surface area contributed by atoms with Crippen LogP contribution in [0.2, 0.25) is 0 Å². The summed E-state index contributed by atoms with van der Waals surface area (Å²) in [6.07, 6.45) is 6.08. The Morgan fingerprint density at radius 2 is 1.76 bits per heavy atom. The van der Waals surface area contributed by atoms with Crippen LogP contribution in [0.1, 0.15) is 39.0 Å². The van der Waals surface area contributed by atoms with E-state index in [-0.39, 0.29) is 11.5 Å². The molecule has 7 nitrogen and oxygen atoms in total. The van der Waals surface area contributed by atoms with Gasteiger partial charge in [-0.05, 0) is 31.9 Å². The van der Waals surface area contributed by atoms with Crippen LogP contribution < -0.4 is 15.9 Å². The predicted molar refractivity (Wildman–Crippen MR) is 128 cm³/mol. The van der Waals surface area contributed by atoms with Gasteiger partial charge in [-0.3, -0.25) is 4.79 Å². The molecule has 0 saturated heterocycles. The van der Waals surface area contributed by atoms with Crippen LogP contribution in [0, 0.1) is 0 Å². The third kappa shape index (κ3) is 6.22. The SMILES string of the molecule is C=C(C)C(=O)OCCCCCCCn1cc2oc(=O)c(-c3ccccc3OC)cc2cc1=O. The zero-order valence-corrected chi connectivity index (χ0v) is 19.1. The van der Waals surface area contributed by atoms with Gasteiger partial charge in [0.05, 0.1) is 25.5 Å². The molecule has 0 spiro atoms. The van der Waals surface area contributed by atoms with Crippen LogP contribution in [0.5, 0.6) is 5.75 Å². The molecule has 2 aromatic heterocycles. The molecular formula is C26H29NO6. The number of hydrogen-bond donors (Lipinski definition) is 0. The number of pyridine rings is 1. The second-order valence-electron chi connectivity index (χ2n) is 7.96. The number of carbonyl (C=O) groups is 1. The van der Waals surface area contributed by atoms with Crippen molar-refractivity contribution in [2.24, 2.45) is 0 Å². The van der Waals surface area contributed by atoms with Crippen LogP contribution in [0.3, 0.4) is 0 Å². The van der Waals surface area contributed by atoms with Crippen molar-refractivity contribution in [3.63, 3.8) is 0 Å². The molecule has 33 heavy (non-hydrogen) atoms. The smallest absolute Gasteiger partial charge is 0.344 e. The topological polar surface area (TPSA) is 87.7 Å². The number of carbonyl (C=O) groups excluding carboxylic acids is 1. The minimum Gasteiger partial charge on any atom is -0.496 e. The highest BCUT2D eigenvalue weighted by Gasteiger charge is 2.13. The molecule has 0 amide bonds. The van der Waals surface area contributed by atoms with Gasteiger partial charge in [0.2, 0.25) is 0 Å². The van der Waals surface area contributed by atoms with Crippen LogP contribution >= 0.6 is 0 Å². The maximum atomic E-state index is 12.6. The summed E-state index contributed by atoms with van der Waals surface area (Å²) in [7, 11) is 1.54. The number of fused-ring (bicyclic) bond motifs is 1. The molecule has 3 rings (SSSR count). The van der Waals surface area contributed by atoms with Crippen LogP contribution in [-0.4, -0.2) is 24.3 Å². The summed E-state index contributed by atoms with van der Waals surface area (Å²) in [5, 5.41) is 0.570. The van der Waals surface area contributed by atoms with Gasteiger partial charge in [0.25, 0.3) is 5.56 Å². The number of para-hydroxylation sites is 1. The van der Waals surface area contributed by atoms with Gasteiger partial charge in [-0.2, -0.15) is 0 Å². The molecule has 1 aromatic carbocycles. The highest BCUT2D eigenvalue weighted by atomic mass is 16.5. The summed E-state index contributed by atoms with van der Waals surface area (Å²) < 4.78 is 17.5. The molecule has 0 saturated carbocycles. The van der Waals surface area contributed by atoms with E-state index < -0.39 is 5.63 Å². The Bertz CT molecular complexity index is 1250. The van der Waals surface area contributed by atoms with E-state index in [1.807, 2.05) is 12.1 Å². The number of rotatable bonds is 11. The van der Waals surface area contributed by atoms with Gasteiger partial charge in [-0.25, -0.2) is 9.59 Å². The van der Waals surface area contributed by atoms with Crippen LogP contribution in [-0.2, 0) is 16.1 Å². The summed E-state index contributed by atoms with van der Waals surface area (Å²) in [5.74, 6) is 0.207. The number of unbranched alkanes of at least 4 members (excludes halogenated alkanes) is 4. The number of hydrogen-bond acceptors (Lipinski definition) is 6. The summed E-state index contributed by atoms with van der Waals surface area (Å²) in [6, 6.07) is 10.4. The molecule has 7 heteroatoms. The van der Waals surface area contributed by atoms with Crippen molar-refractivity contribution in [2.45, 2.75) is 45.6 Å². The zero-order valence-electron chi connectivity index (χ0n) is 19.1. The van der Waals surface area contributed by atoms with Gasteiger partial charge in [-0.15, -0.1) is 0 Å². The van der Waals surface area contributed by atoms with Crippen LogP contribution in [0.4, 0.5) is 0 Å². The first-order valence-electron chi connectivity index (χ1n) is 11.0. The van der Waals surface area contributed by atoms with E-state index in [4.69, 9.17) is 13.9 Å². The number of aromatic nitrogens is 1. The number of esters is 1. The molecule has 0 aliphatic rings. The third-order valence-electron chi connectivity index (χ3n) is 5.36. The molecular weight excluding hydrogens is 422 g/mol. The van der Waals surface area contributed by atoms with Crippen LogP contribution in [0.25, 0.3) is 22.1 Å². The predicted octanol–water partition coefficient (Wildman–Crippen LogP) is 4.70. The Hall–Kier alpha value is -3.61. The minimum absolute atomic E-state index is 0.144. The van der Waals surface area contributed by atoms with E-state index in [0.717, 1.165) is 32.1 Å². The molecule has 0 aliphatic heterocycles. The fraction of sp³-hybridized carbons (Fsp3) is 0.346. The summed E-state index contributed by atoms with van der Waals surface area (Å²) in [5.41, 5.74) is 1.12. The van der Waals surface area contributed by atoms with Gasteiger partial charge in [0.1, 0.15) is 5.75 Å². The molecule has 0 aliphatic carbocycles. The first kappa shape index (κ1) is 24.0. The number of ether oxygens (including phenoxy) is 2. The Balaban J connectivity index is 1.60. The van der Waals surface area contributed by atoms with E-state index in [1.165, 1.54) is 6.07 Å². The summed E-state index contributed by atoms with van der Waals surface area (Å²) >= 11 is 0. The average Bonchev–Trinajstić information content (AvgIpc) is 2.80. The second-order valence-corrected chi connectivity index (χ2v) is 7.96. The van der Waals surface area contributed by atoms with E-state index in [1.54, 1.807) is 43.0 Å². The van der Waals surface area contributed by atoms with Gasteiger partial charge in [-0.1, -0.05) is 44.0 Å². The molecule has 0 unspecified atom stereocenters. The van der Waals surface area contributed by atoms with Gasteiger partial charge >= 0.3 is 11.6 Å². The minimum atomic E-state index is -0.482. The molecule has 0 fully saturated rings. The highest BCUT2D eigenvalue weighted by Crippen LogP contribution is 2.28. The van der Waals surface area contributed by atoms with Crippen molar-refractivity contribution in [1.29, 1.82) is 0 Å². The largest absolute Gasteiger partial charge is 0.496 e. The third-order valence-corrected chi connectivity index (χ3v) is 5.36. The fourth-order valence-corrected chi connectivity index (χ4v) is 3.57. The molecule has 0 atom stereocenters. The Kier molecular flexibility index (Phi) is 8.24. The van der Waals surface area contributed by atoms with Gasteiger partial charge in [0.15, 0.2) is 5.58 Å². The van der Waals surface area contributed by atoms with Gasteiger partial charge < -0.3 is 18.5 Å². The molecule has 0 radical (unpaired) electrons. The second kappa shape index (κ2) is 11.3. The quantitative estimate of drug-likeness (QED) is 0.239. The first-order valence-corrected chi connectivity index (χ1v) is 11.0. The fourth-order valence-electron chi connectivity index (χ4n) is 3.57. The zero-order chi connectivity index (χ0) is 23.8. The monoisotopic (exact) mass is 451 g/mol. The van der Waals surface area contributed by atoms with E-state index in [0.29, 0.717) is 46.6 Å². The maximum absolute atomic E-state index is 12.6. The molecule has 174 valence electrons. The number of nitrogens with zero attached hydrogens (tertiary/aromatic N) is 1. The highest BCUT2D eigenvalue weighted by molar-refractivity contribution is 5.86. The molecule has 2 heterocycles. The number of benzene rings is 1.